The van der Waals surface area contributed by atoms with Crippen LogP contribution in [0.3, 0.4) is 0 Å². The second-order valence-electron chi connectivity index (χ2n) is 14.8. The van der Waals surface area contributed by atoms with Crippen LogP contribution in [0.25, 0.3) is 0 Å². The Balaban J connectivity index is 1.76. The fraction of sp³-hybridized carbons (Fsp3) is 0.533. The van der Waals surface area contributed by atoms with Gasteiger partial charge in [-0.3, -0.25) is 4.90 Å². The van der Waals surface area contributed by atoms with Crippen LogP contribution in [0.5, 0.6) is 11.5 Å². The first-order valence-electron chi connectivity index (χ1n) is 20.6. The Hall–Kier alpha value is -4.65. The lowest BCUT2D eigenvalue weighted by Crippen LogP contribution is -2.70. The molecule has 57 heavy (non-hydrogen) atoms. The normalized spacial score (nSPS) is 23.9. The number of unbranched alkanes of at least 4 members (excludes halogenated alkanes) is 2. The minimum absolute atomic E-state index is 0.0162. The molecule has 2 aromatic rings. The summed E-state index contributed by atoms with van der Waals surface area (Å²) < 4.78 is 25.8. The summed E-state index contributed by atoms with van der Waals surface area (Å²) in [6.07, 6.45) is 10.5. The van der Waals surface area contributed by atoms with E-state index in [2.05, 4.69) is 24.6 Å². The largest absolute Gasteiger partial charge is 0.459 e. The van der Waals surface area contributed by atoms with Crippen LogP contribution < -0.4 is 14.8 Å². The number of carbonyl (C=O) groups excluding carboxylic acids is 2. The number of aliphatic hydroxyl groups excluding tert-OH is 2. The first kappa shape index (κ1) is 43.5. The zero-order valence-corrected chi connectivity index (χ0v) is 33.6. The predicted octanol–water partition coefficient (Wildman–Crippen LogP) is 8.05. The van der Waals surface area contributed by atoms with Crippen molar-refractivity contribution in [1.29, 1.82) is 0 Å². The fourth-order valence-electron chi connectivity index (χ4n) is 8.69. The molecule has 0 radical (unpaired) electrons. The molecule has 3 N–H and O–H groups in total. The third-order valence-electron chi connectivity index (χ3n) is 11.0. The second kappa shape index (κ2) is 21.8. The van der Waals surface area contributed by atoms with Gasteiger partial charge in [-0.1, -0.05) is 73.5 Å². The first-order chi connectivity index (χ1) is 27.8. The quantitative estimate of drug-likeness (QED) is 0.0613. The molecule has 6 unspecified atom stereocenters. The molecule has 2 amide bonds. The molecule has 2 aliphatic carbocycles. The van der Waals surface area contributed by atoms with Gasteiger partial charge in [0.05, 0.1) is 24.8 Å². The highest BCUT2D eigenvalue weighted by molar-refractivity contribution is 6.03. The van der Waals surface area contributed by atoms with Gasteiger partial charge in [-0.25, -0.2) is 9.59 Å². The van der Waals surface area contributed by atoms with Crippen LogP contribution in [0.1, 0.15) is 88.7 Å². The molecular formula is C45H61N3O9. The smallest absolute Gasteiger partial charge is 0.412 e. The monoisotopic (exact) mass is 787 g/mol. The van der Waals surface area contributed by atoms with Crippen molar-refractivity contribution in [3.05, 3.63) is 96.6 Å². The van der Waals surface area contributed by atoms with E-state index >= 15 is 0 Å². The van der Waals surface area contributed by atoms with Crippen molar-refractivity contribution in [1.82, 2.24) is 10.2 Å². The maximum Gasteiger partial charge on any atom is 0.412 e. The number of nitrogens with zero attached hydrogens (tertiary/aromatic N) is 2. The van der Waals surface area contributed by atoms with Crippen LogP contribution in [0.2, 0.25) is 0 Å². The van der Waals surface area contributed by atoms with Crippen LogP contribution in [-0.2, 0) is 20.9 Å². The Morgan fingerprint density at radius 2 is 1.81 bits per heavy atom. The van der Waals surface area contributed by atoms with E-state index in [9.17, 15) is 19.8 Å². The topological polar surface area (TPSA) is 148 Å². The molecule has 0 aromatic heterocycles. The van der Waals surface area contributed by atoms with Crippen molar-refractivity contribution in [3.63, 3.8) is 0 Å². The number of benzene rings is 2. The molecule has 1 fully saturated rings. The van der Waals surface area contributed by atoms with Crippen LogP contribution in [0.15, 0.2) is 90.6 Å². The maximum absolute atomic E-state index is 14.2. The van der Waals surface area contributed by atoms with Crippen molar-refractivity contribution in [2.24, 2.45) is 22.9 Å². The molecule has 0 saturated heterocycles. The number of fused-ring (bicyclic) bond motifs is 2. The molecule has 1 heterocycles. The Morgan fingerprint density at radius 3 is 2.51 bits per heavy atom. The predicted molar refractivity (Wildman–Crippen MR) is 219 cm³/mol. The lowest BCUT2D eigenvalue weighted by atomic mass is 9.55. The number of allylic oxidation sites excluding steroid dienone is 1. The minimum atomic E-state index is -1.42. The Labute approximate surface area is 337 Å². The zero-order valence-electron chi connectivity index (χ0n) is 33.6. The molecule has 5 rings (SSSR count). The van der Waals surface area contributed by atoms with Crippen molar-refractivity contribution >= 4 is 17.9 Å². The SMILES string of the molecule is C=CCCOC(=O)N(CCC)C1CC(=NOCc2ccccc2)C2=CC(CCCCO)C(CCCCO)C3c4cc(OC(=O)NCC)ccc4OC1(OCC=C)C23. The summed E-state index contributed by atoms with van der Waals surface area (Å²) in [4.78, 5) is 34.7. The Bertz CT molecular complexity index is 1700. The number of rotatable bonds is 22. The summed E-state index contributed by atoms with van der Waals surface area (Å²) >= 11 is 0. The molecule has 6 atom stereocenters. The van der Waals surface area contributed by atoms with Crippen LogP contribution in [-0.4, -0.2) is 84.4 Å². The molecule has 1 saturated carbocycles. The highest BCUT2D eigenvalue weighted by Gasteiger charge is 2.65. The number of amides is 2. The van der Waals surface area contributed by atoms with Gasteiger partial charge < -0.3 is 39.3 Å². The average molecular weight is 788 g/mol. The number of aliphatic hydroxyl groups is 2. The Kier molecular flexibility index (Phi) is 16.6. The molecule has 12 heteroatoms. The molecule has 12 nitrogen and oxygen atoms in total. The fourth-order valence-corrected chi connectivity index (χ4v) is 8.69. The van der Waals surface area contributed by atoms with Gasteiger partial charge in [-0.05, 0) is 86.6 Å². The zero-order chi connectivity index (χ0) is 40.6. The van der Waals surface area contributed by atoms with Gasteiger partial charge in [-0.2, -0.15) is 0 Å². The van der Waals surface area contributed by atoms with E-state index < -0.39 is 29.9 Å². The van der Waals surface area contributed by atoms with Crippen molar-refractivity contribution in [2.45, 2.75) is 96.0 Å². The summed E-state index contributed by atoms with van der Waals surface area (Å²) in [5.41, 5.74) is 3.42. The van der Waals surface area contributed by atoms with Crippen molar-refractivity contribution in [2.75, 3.05) is 39.5 Å². The standard InChI is InChI=1S/C45H61N3O9/c1-5-9-27-53-44(52)48(23-6-2)40-30-38(47-55-31-32-17-11-10-12-18-32)36-28-33(19-13-15-24-49)35(20-14-16-25-50)41-37-29-34(56-43(51)46-8-4)21-22-39(37)57-45(40,42(36)41)54-26-7-3/h5,7,10-12,17-18,21-22,28-29,33,35,40-42,49-50H,1,3,6,8-9,13-16,19-20,23-27,30-31H2,2,4H3,(H,46,51). The third-order valence-corrected chi connectivity index (χ3v) is 11.0. The van der Waals surface area contributed by atoms with E-state index in [0.29, 0.717) is 56.0 Å². The first-order valence-corrected chi connectivity index (χ1v) is 20.6. The molecule has 1 aliphatic heterocycles. The number of ether oxygens (including phenoxy) is 4. The van der Waals surface area contributed by atoms with E-state index in [0.717, 1.165) is 42.4 Å². The molecule has 2 aromatic carbocycles. The number of nitrogens with one attached hydrogen (secondary N) is 1. The highest BCUT2D eigenvalue weighted by Crippen LogP contribution is 2.62. The minimum Gasteiger partial charge on any atom is -0.459 e. The van der Waals surface area contributed by atoms with Gasteiger partial charge in [0.1, 0.15) is 24.1 Å². The molecule has 3 aliphatic rings. The maximum atomic E-state index is 14.2. The van der Waals surface area contributed by atoms with E-state index in [4.69, 9.17) is 28.9 Å². The second-order valence-corrected chi connectivity index (χ2v) is 14.8. The lowest BCUT2D eigenvalue weighted by Gasteiger charge is -2.59. The summed E-state index contributed by atoms with van der Waals surface area (Å²) in [5, 5.41) is 27.3. The van der Waals surface area contributed by atoms with Gasteiger partial charge in [0, 0.05) is 44.2 Å². The number of hydrogen-bond donors (Lipinski definition) is 3. The van der Waals surface area contributed by atoms with Crippen molar-refractivity contribution in [3.8, 4) is 11.5 Å². The van der Waals surface area contributed by atoms with Crippen LogP contribution in [0, 0.1) is 17.8 Å². The van der Waals surface area contributed by atoms with Gasteiger partial charge in [0.15, 0.2) is 0 Å². The summed E-state index contributed by atoms with van der Waals surface area (Å²) in [7, 11) is 0. The number of carbonyl (C=O) groups is 2. The molecule has 310 valence electrons. The molecule has 0 spiro atoms. The van der Waals surface area contributed by atoms with Gasteiger partial charge in [0.2, 0.25) is 5.79 Å². The van der Waals surface area contributed by atoms with E-state index in [1.165, 1.54) is 0 Å². The molecule has 0 bridgehead atoms. The number of oxime groups is 1. The van der Waals surface area contributed by atoms with Crippen molar-refractivity contribution < 1.29 is 43.6 Å². The van der Waals surface area contributed by atoms with Gasteiger partial charge in [0.25, 0.3) is 0 Å². The summed E-state index contributed by atoms with van der Waals surface area (Å²) in [6.45, 7) is 13.1. The van der Waals surface area contributed by atoms with E-state index in [-0.39, 0.29) is 57.2 Å². The van der Waals surface area contributed by atoms with Crippen LogP contribution >= 0.6 is 0 Å². The summed E-state index contributed by atoms with van der Waals surface area (Å²) in [6, 6.07) is 14.5. The van der Waals surface area contributed by atoms with Crippen LogP contribution in [0.4, 0.5) is 9.59 Å². The Morgan fingerprint density at radius 1 is 1.04 bits per heavy atom. The van der Waals surface area contributed by atoms with E-state index in [1.807, 2.05) is 56.3 Å². The van der Waals surface area contributed by atoms with Gasteiger partial charge in [-0.15, -0.1) is 13.2 Å². The lowest BCUT2D eigenvalue weighted by molar-refractivity contribution is -0.255. The van der Waals surface area contributed by atoms with E-state index in [1.54, 1.807) is 23.1 Å². The third kappa shape index (κ3) is 10.5. The molecular weight excluding hydrogens is 727 g/mol. The average Bonchev–Trinajstić information content (AvgIpc) is 3.21. The summed E-state index contributed by atoms with van der Waals surface area (Å²) in [5.74, 6) is -1.19. The van der Waals surface area contributed by atoms with Gasteiger partial charge >= 0.3 is 12.2 Å². The highest BCUT2D eigenvalue weighted by atomic mass is 16.7. The number of hydrogen-bond acceptors (Lipinski definition) is 10.